The zero-order chi connectivity index (χ0) is 17.9. The predicted molar refractivity (Wildman–Crippen MR) is 110 cm³/mol. The zero-order valence-corrected chi connectivity index (χ0v) is 16.1. The Labute approximate surface area is 165 Å². The Morgan fingerprint density at radius 1 is 0.926 bits per heavy atom. The van der Waals surface area contributed by atoms with E-state index in [1.807, 2.05) is 47.6 Å². The van der Waals surface area contributed by atoms with E-state index in [-0.39, 0.29) is 18.3 Å². The van der Waals surface area contributed by atoms with Gasteiger partial charge in [0.2, 0.25) is 5.95 Å². The van der Waals surface area contributed by atoms with Gasteiger partial charge in [-0.05, 0) is 31.2 Å². The lowest BCUT2D eigenvalue weighted by Crippen LogP contribution is -2.49. The normalized spacial score (nSPS) is 14.0. The largest absolute Gasteiger partial charge is 0.338 e. The molecule has 1 amide bonds. The molecule has 1 saturated heterocycles. The van der Waals surface area contributed by atoms with Crippen LogP contribution in [0.2, 0.25) is 0 Å². The maximum atomic E-state index is 12.6. The SMILES string of the molecule is Cc1ccc(-n2ccnc2N2CCN(C(=O)c3ccccc3)CC2)cc1.Cl. The molecule has 1 aliphatic heterocycles. The third kappa shape index (κ3) is 3.98. The Bertz CT molecular complexity index is 884. The van der Waals surface area contributed by atoms with Crippen molar-refractivity contribution in [1.29, 1.82) is 0 Å². The summed E-state index contributed by atoms with van der Waals surface area (Å²) in [5.74, 6) is 1.03. The highest BCUT2D eigenvalue weighted by atomic mass is 35.5. The van der Waals surface area contributed by atoms with Crippen LogP contribution < -0.4 is 4.90 Å². The van der Waals surface area contributed by atoms with E-state index in [0.29, 0.717) is 13.1 Å². The minimum atomic E-state index is 0. The van der Waals surface area contributed by atoms with Gasteiger partial charge in [-0.3, -0.25) is 9.36 Å². The van der Waals surface area contributed by atoms with Gasteiger partial charge in [-0.1, -0.05) is 35.9 Å². The van der Waals surface area contributed by atoms with Crippen molar-refractivity contribution in [3.63, 3.8) is 0 Å². The van der Waals surface area contributed by atoms with E-state index in [2.05, 4.69) is 45.6 Å². The lowest BCUT2D eigenvalue weighted by molar-refractivity contribution is 0.0746. The third-order valence-corrected chi connectivity index (χ3v) is 4.80. The average Bonchev–Trinajstić information content (AvgIpc) is 3.19. The van der Waals surface area contributed by atoms with Crippen LogP contribution in [0, 0.1) is 6.92 Å². The van der Waals surface area contributed by atoms with Crippen molar-refractivity contribution >= 4 is 24.3 Å². The van der Waals surface area contributed by atoms with Gasteiger partial charge in [-0.25, -0.2) is 4.98 Å². The number of aromatic nitrogens is 2. The van der Waals surface area contributed by atoms with E-state index in [4.69, 9.17) is 0 Å². The standard InChI is InChI=1S/C21H22N4O.ClH/c1-17-7-9-19(10-8-17)25-12-11-22-21(25)24-15-13-23(14-16-24)20(26)18-5-3-2-4-6-18;/h2-12H,13-16H2,1H3;1H. The molecule has 6 heteroatoms. The summed E-state index contributed by atoms with van der Waals surface area (Å²) >= 11 is 0. The highest BCUT2D eigenvalue weighted by Gasteiger charge is 2.24. The molecule has 1 aromatic heterocycles. The van der Waals surface area contributed by atoms with Gasteiger partial charge in [0.25, 0.3) is 5.91 Å². The van der Waals surface area contributed by atoms with Gasteiger partial charge < -0.3 is 9.80 Å². The first-order valence-corrected chi connectivity index (χ1v) is 8.92. The number of anilines is 1. The maximum Gasteiger partial charge on any atom is 0.253 e. The van der Waals surface area contributed by atoms with Crippen molar-refractivity contribution in [3.8, 4) is 5.69 Å². The van der Waals surface area contributed by atoms with Crippen LogP contribution in [0.1, 0.15) is 15.9 Å². The summed E-state index contributed by atoms with van der Waals surface area (Å²) in [7, 11) is 0. The average molecular weight is 383 g/mol. The minimum absolute atomic E-state index is 0. The summed E-state index contributed by atoms with van der Waals surface area (Å²) in [6.45, 7) is 5.05. The summed E-state index contributed by atoms with van der Waals surface area (Å²) in [5.41, 5.74) is 3.09. The third-order valence-electron chi connectivity index (χ3n) is 4.80. The van der Waals surface area contributed by atoms with Crippen molar-refractivity contribution in [2.75, 3.05) is 31.1 Å². The van der Waals surface area contributed by atoms with E-state index in [9.17, 15) is 4.79 Å². The molecule has 0 N–H and O–H groups in total. The number of nitrogens with zero attached hydrogens (tertiary/aromatic N) is 4. The topological polar surface area (TPSA) is 41.4 Å². The molecule has 1 aliphatic rings. The Kier molecular flexibility index (Phi) is 5.81. The van der Waals surface area contributed by atoms with Gasteiger partial charge in [0, 0.05) is 49.8 Å². The maximum absolute atomic E-state index is 12.6. The van der Waals surface area contributed by atoms with Crippen molar-refractivity contribution in [2.24, 2.45) is 0 Å². The van der Waals surface area contributed by atoms with Gasteiger partial charge in [-0.15, -0.1) is 12.4 Å². The molecule has 0 radical (unpaired) electrons. The summed E-state index contributed by atoms with van der Waals surface area (Å²) in [5, 5.41) is 0. The van der Waals surface area contributed by atoms with Gasteiger partial charge >= 0.3 is 0 Å². The molecule has 0 bridgehead atoms. The number of amides is 1. The van der Waals surface area contributed by atoms with E-state index in [0.717, 1.165) is 30.3 Å². The fraction of sp³-hybridized carbons (Fsp3) is 0.238. The van der Waals surface area contributed by atoms with Gasteiger partial charge in [0.05, 0.1) is 0 Å². The molecule has 0 atom stereocenters. The van der Waals surface area contributed by atoms with Crippen LogP contribution in [0.3, 0.4) is 0 Å². The van der Waals surface area contributed by atoms with E-state index in [1.54, 1.807) is 0 Å². The molecule has 2 aromatic carbocycles. The molecule has 0 aliphatic carbocycles. The van der Waals surface area contributed by atoms with Crippen LogP contribution in [0.15, 0.2) is 67.0 Å². The van der Waals surface area contributed by atoms with Gasteiger partial charge in [0.1, 0.15) is 0 Å². The Balaban J connectivity index is 0.00000210. The van der Waals surface area contributed by atoms with Gasteiger partial charge in [-0.2, -0.15) is 0 Å². The molecule has 2 heterocycles. The molecule has 27 heavy (non-hydrogen) atoms. The molecule has 0 unspecified atom stereocenters. The molecular weight excluding hydrogens is 360 g/mol. The number of hydrogen-bond acceptors (Lipinski definition) is 3. The predicted octanol–water partition coefficient (Wildman–Crippen LogP) is 3.56. The second-order valence-electron chi connectivity index (χ2n) is 6.58. The number of aryl methyl sites for hydroxylation is 1. The molecule has 4 rings (SSSR count). The minimum Gasteiger partial charge on any atom is -0.338 e. The highest BCUT2D eigenvalue weighted by molar-refractivity contribution is 5.94. The number of imidazole rings is 1. The smallest absolute Gasteiger partial charge is 0.253 e. The number of carbonyl (C=O) groups is 1. The van der Waals surface area contributed by atoms with Crippen molar-refractivity contribution in [2.45, 2.75) is 6.92 Å². The molecule has 0 spiro atoms. The molecule has 0 saturated carbocycles. The quantitative estimate of drug-likeness (QED) is 0.695. The summed E-state index contributed by atoms with van der Waals surface area (Å²) in [6, 6.07) is 17.9. The highest BCUT2D eigenvalue weighted by Crippen LogP contribution is 2.20. The molecular formula is C21H23ClN4O. The second-order valence-corrected chi connectivity index (χ2v) is 6.58. The molecule has 140 valence electrons. The van der Waals surface area contributed by atoms with Crippen LogP contribution in [0.5, 0.6) is 0 Å². The van der Waals surface area contributed by atoms with E-state index in [1.165, 1.54) is 5.56 Å². The first-order chi connectivity index (χ1) is 12.7. The number of piperazine rings is 1. The lowest BCUT2D eigenvalue weighted by atomic mass is 10.2. The van der Waals surface area contributed by atoms with Crippen LogP contribution in [0.25, 0.3) is 5.69 Å². The zero-order valence-electron chi connectivity index (χ0n) is 15.3. The van der Waals surface area contributed by atoms with Crippen LogP contribution in [0.4, 0.5) is 5.95 Å². The number of halogens is 1. The Hall–Kier alpha value is -2.79. The number of carbonyl (C=O) groups excluding carboxylic acids is 1. The summed E-state index contributed by atoms with van der Waals surface area (Å²) in [4.78, 5) is 21.3. The number of rotatable bonds is 3. The van der Waals surface area contributed by atoms with E-state index >= 15 is 0 Å². The van der Waals surface area contributed by atoms with Crippen LogP contribution in [-0.4, -0.2) is 46.5 Å². The van der Waals surface area contributed by atoms with E-state index < -0.39 is 0 Å². The first-order valence-electron chi connectivity index (χ1n) is 8.92. The Morgan fingerprint density at radius 2 is 1.59 bits per heavy atom. The molecule has 1 fully saturated rings. The fourth-order valence-electron chi connectivity index (χ4n) is 3.31. The van der Waals surface area contributed by atoms with Crippen molar-refractivity contribution < 1.29 is 4.79 Å². The van der Waals surface area contributed by atoms with Gasteiger partial charge in [0.15, 0.2) is 0 Å². The second kappa shape index (κ2) is 8.27. The monoisotopic (exact) mass is 382 g/mol. The number of benzene rings is 2. The van der Waals surface area contributed by atoms with Crippen molar-refractivity contribution in [3.05, 3.63) is 78.1 Å². The number of hydrogen-bond donors (Lipinski definition) is 0. The fourth-order valence-corrected chi connectivity index (χ4v) is 3.31. The molecule has 3 aromatic rings. The van der Waals surface area contributed by atoms with Crippen LogP contribution in [-0.2, 0) is 0 Å². The Morgan fingerprint density at radius 3 is 2.26 bits per heavy atom. The van der Waals surface area contributed by atoms with Crippen molar-refractivity contribution in [1.82, 2.24) is 14.5 Å². The lowest BCUT2D eigenvalue weighted by Gasteiger charge is -2.35. The summed E-state index contributed by atoms with van der Waals surface area (Å²) in [6.07, 6.45) is 3.82. The molecule has 5 nitrogen and oxygen atoms in total. The van der Waals surface area contributed by atoms with Crippen LogP contribution >= 0.6 is 12.4 Å². The summed E-state index contributed by atoms with van der Waals surface area (Å²) < 4.78 is 2.11. The first kappa shape index (κ1) is 19.0.